The fraction of sp³-hybridized carbons (Fsp3) is 0.381. The smallest absolute Gasteiger partial charge is 0.387 e. The fourth-order valence-electron chi connectivity index (χ4n) is 2.63. The molecule has 0 unspecified atom stereocenters. The lowest BCUT2D eigenvalue weighted by molar-refractivity contribution is -0.0504. The summed E-state index contributed by atoms with van der Waals surface area (Å²) >= 11 is 0. The lowest BCUT2D eigenvalue weighted by atomic mass is 10.1. The molecular formula is C21H28F2IN3O3. The van der Waals surface area contributed by atoms with E-state index in [1.54, 1.807) is 32.4 Å². The van der Waals surface area contributed by atoms with Crippen LogP contribution in [-0.4, -0.2) is 39.9 Å². The summed E-state index contributed by atoms with van der Waals surface area (Å²) in [7, 11) is 3.27. The van der Waals surface area contributed by atoms with Gasteiger partial charge >= 0.3 is 6.61 Å². The normalized spacial score (nSPS) is 11.1. The Kier molecular flexibility index (Phi) is 12.1. The van der Waals surface area contributed by atoms with Crippen molar-refractivity contribution in [2.45, 2.75) is 26.6 Å². The maximum Gasteiger partial charge on any atom is 0.387 e. The third-order valence-electron chi connectivity index (χ3n) is 4.02. The maximum atomic E-state index is 12.6. The van der Waals surface area contributed by atoms with Crippen molar-refractivity contribution in [3.8, 4) is 11.5 Å². The van der Waals surface area contributed by atoms with Crippen LogP contribution in [0.5, 0.6) is 11.5 Å². The minimum atomic E-state index is -2.87. The first kappa shape index (κ1) is 25.9. The predicted molar refractivity (Wildman–Crippen MR) is 124 cm³/mol. The monoisotopic (exact) mass is 535 g/mol. The number of nitrogens with zero attached hydrogens (tertiary/aromatic N) is 1. The van der Waals surface area contributed by atoms with Gasteiger partial charge in [-0.2, -0.15) is 8.78 Å². The van der Waals surface area contributed by atoms with E-state index in [1.807, 2.05) is 31.2 Å². The number of benzene rings is 2. The highest BCUT2D eigenvalue weighted by molar-refractivity contribution is 14.0. The van der Waals surface area contributed by atoms with E-state index >= 15 is 0 Å². The Morgan fingerprint density at radius 1 is 1.07 bits per heavy atom. The number of guanidine groups is 1. The van der Waals surface area contributed by atoms with Gasteiger partial charge in [-0.1, -0.05) is 29.8 Å². The van der Waals surface area contributed by atoms with E-state index in [4.69, 9.17) is 9.47 Å². The maximum absolute atomic E-state index is 12.6. The summed E-state index contributed by atoms with van der Waals surface area (Å²) in [6, 6.07) is 12.8. The molecule has 0 spiro atoms. The largest absolute Gasteiger partial charge is 0.491 e. The molecule has 2 aromatic rings. The van der Waals surface area contributed by atoms with Gasteiger partial charge in [0.15, 0.2) is 5.96 Å². The van der Waals surface area contributed by atoms with Crippen LogP contribution < -0.4 is 20.1 Å². The Morgan fingerprint density at radius 2 is 1.83 bits per heavy atom. The Hall–Kier alpha value is -2.14. The van der Waals surface area contributed by atoms with E-state index in [1.165, 1.54) is 0 Å². The van der Waals surface area contributed by atoms with Crippen molar-refractivity contribution in [2.75, 3.05) is 27.4 Å². The van der Waals surface area contributed by atoms with Crippen LogP contribution in [0.2, 0.25) is 0 Å². The van der Waals surface area contributed by atoms with E-state index < -0.39 is 6.61 Å². The molecule has 6 nitrogen and oxygen atoms in total. The van der Waals surface area contributed by atoms with Gasteiger partial charge in [0.1, 0.15) is 18.1 Å². The van der Waals surface area contributed by atoms with Gasteiger partial charge in [-0.25, -0.2) is 0 Å². The Balaban J connectivity index is 0.00000450. The molecule has 0 aliphatic carbocycles. The Labute approximate surface area is 193 Å². The lowest BCUT2D eigenvalue weighted by Crippen LogP contribution is -2.36. The molecule has 9 heteroatoms. The molecule has 0 radical (unpaired) electrons. The zero-order chi connectivity index (χ0) is 21.1. The molecule has 0 aliphatic rings. The van der Waals surface area contributed by atoms with Crippen molar-refractivity contribution < 1.29 is 23.0 Å². The molecule has 0 aromatic heterocycles. The van der Waals surface area contributed by atoms with Crippen molar-refractivity contribution in [2.24, 2.45) is 4.99 Å². The average molecular weight is 535 g/mol. The third-order valence-corrected chi connectivity index (χ3v) is 4.02. The number of aryl methyl sites for hydroxylation is 1. The van der Waals surface area contributed by atoms with E-state index in [9.17, 15) is 8.78 Å². The summed E-state index contributed by atoms with van der Waals surface area (Å²) in [6.07, 6.45) is 0. The molecule has 0 heterocycles. The second kappa shape index (κ2) is 14.0. The molecule has 30 heavy (non-hydrogen) atoms. The highest BCUT2D eigenvalue weighted by Gasteiger charge is 2.10. The second-order valence-corrected chi connectivity index (χ2v) is 6.26. The van der Waals surface area contributed by atoms with Crippen LogP contribution in [0, 0.1) is 6.92 Å². The molecule has 166 valence electrons. The van der Waals surface area contributed by atoms with E-state index in [0.717, 1.165) is 16.9 Å². The molecule has 0 atom stereocenters. The number of hydrogen-bond acceptors (Lipinski definition) is 4. The standard InChI is InChI=1S/C21H27F2N3O3.HI/c1-15-7-8-19(29-20(22)23)17(11-15)14-26-21(24-2)25-13-16-5-4-6-18(12-16)28-10-9-27-3;/h4-8,11-12,20H,9-10,13-14H2,1-3H3,(H2,24,25,26);1H. The van der Waals surface area contributed by atoms with Gasteiger partial charge in [-0.3, -0.25) is 4.99 Å². The molecule has 2 rings (SSSR count). The summed E-state index contributed by atoms with van der Waals surface area (Å²) in [4.78, 5) is 4.17. The number of nitrogens with one attached hydrogen (secondary N) is 2. The Bertz CT molecular complexity index is 807. The average Bonchev–Trinajstić information content (AvgIpc) is 2.70. The van der Waals surface area contributed by atoms with Gasteiger partial charge < -0.3 is 24.8 Å². The number of aliphatic imine (C=N–C) groups is 1. The highest BCUT2D eigenvalue weighted by atomic mass is 127. The van der Waals surface area contributed by atoms with E-state index in [2.05, 4.69) is 20.4 Å². The van der Waals surface area contributed by atoms with Crippen LogP contribution in [0.25, 0.3) is 0 Å². The molecule has 2 N–H and O–H groups in total. The van der Waals surface area contributed by atoms with Crippen LogP contribution in [0.1, 0.15) is 16.7 Å². The SMILES string of the molecule is CN=C(NCc1cccc(OCCOC)c1)NCc1cc(C)ccc1OC(F)F.I. The minimum Gasteiger partial charge on any atom is -0.491 e. The molecule has 0 saturated carbocycles. The molecule has 0 amide bonds. The van der Waals surface area contributed by atoms with E-state index in [-0.39, 0.29) is 29.7 Å². The predicted octanol–water partition coefficient (Wildman–Crippen LogP) is 4.10. The zero-order valence-corrected chi connectivity index (χ0v) is 19.6. The van der Waals surface area contributed by atoms with Crippen molar-refractivity contribution in [3.05, 3.63) is 59.2 Å². The molecule has 0 saturated heterocycles. The second-order valence-electron chi connectivity index (χ2n) is 6.26. The van der Waals surface area contributed by atoms with Crippen LogP contribution in [0.3, 0.4) is 0 Å². The summed E-state index contributed by atoms with van der Waals surface area (Å²) in [5.41, 5.74) is 2.60. The van der Waals surface area contributed by atoms with E-state index in [0.29, 0.717) is 37.8 Å². The first-order valence-electron chi connectivity index (χ1n) is 9.21. The zero-order valence-electron chi connectivity index (χ0n) is 17.3. The lowest BCUT2D eigenvalue weighted by Gasteiger charge is -2.15. The van der Waals surface area contributed by atoms with Crippen molar-refractivity contribution in [1.82, 2.24) is 10.6 Å². The highest BCUT2D eigenvalue weighted by Crippen LogP contribution is 2.22. The fourth-order valence-corrected chi connectivity index (χ4v) is 2.63. The summed E-state index contributed by atoms with van der Waals surface area (Å²) < 4.78 is 40.4. The number of alkyl halides is 2. The first-order valence-corrected chi connectivity index (χ1v) is 9.21. The van der Waals surface area contributed by atoms with Crippen LogP contribution in [-0.2, 0) is 17.8 Å². The number of hydrogen-bond donors (Lipinski definition) is 2. The first-order chi connectivity index (χ1) is 14.0. The summed E-state index contributed by atoms with van der Waals surface area (Å²) in [6.45, 7) is 0.849. The topological polar surface area (TPSA) is 64.1 Å². The summed E-state index contributed by atoms with van der Waals surface area (Å²) in [5.74, 6) is 1.45. The van der Waals surface area contributed by atoms with Gasteiger partial charge in [0, 0.05) is 32.8 Å². The van der Waals surface area contributed by atoms with Crippen LogP contribution >= 0.6 is 24.0 Å². The van der Waals surface area contributed by atoms with Crippen LogP contribution in [0.15, 0.2) is 47.5 Å². The van der Waals surface area contributed by atoms with Crippen molar-refractivity contribution in [1.29, 1.82) is 0 Å². The molecule has 2 aromatic carbocycles. The summed E-state index contributed by atoms with van der Waals surface area (Å²) in [5, 5.41) is 6.31. The number of halogens is 3. The molecular weight excluding hydrogens is 507 g/mol. The molecule has 0 aliphatic heterocycles. The molecule has 0 bridgehead atoms. The third kappa shape index (κ3) is 9.12. The van der Waals surface area contributed by atoms with Gasteiger partial charge in [-0.05, 0) is 30.7 Å². The minimum absolute atomic E-state index is 0. The van der Waals surface area contributed by atoms with Gasteiger partial charge in [0.2, 0.25) is 0 Å². The number of ether oxygens (including phenoxy) is 3. The quantitative estimate of drug-likeness (QED) is 0.208. The van der Waals surface area contributed by atoms with Crippen LogP contribution in [0.4, 0.5) is 8.78 Å². The van der Waals surface area contributed by atoms with Gasteiger partial charge in [-0.15, -0.1) is 24.0 Å². The number of methoxy groups -OCH3 is 1. The van der Waals surface area contributed by atoms with Gasteiger partial charge in [0.25, 0.3) is 0 Å². The van der Waals surface area contributed by atoms with Gasteiger partial charge in [0.05, 0.1) is 6.61 Å². The number of rotatable bonds is 10. The Morgan fingerprint density at radius 3 is 2.53 bits per heavy atom. The van der Waals surface area contributed by atoms with Crippen molar-refractivity contribution >= 4 is 29.9 Å². The molecule has 0 fully saturated rings. The van der Waals surface area contributed by atoms with Crippen molar-refractivity contribution in [3.63, 3.8) is 0 Å².